The maximum Gasteiger partial charge on any atom is 0.201 e. The molecule has 4 rings (SSSR count). The van der Waals surface area contributed by atoms with Crippen LogP contribution in [0, 0.1) is 11.3 Å². The molecule has 2 heterocycles. The van der Waals surface area contributed by atoms with Gasteiger partial charge in [-0.1, -0.05) is 12.1 Å². The van der Waals surface area contributed by atoms with Crippen LogP contribution in [0.1, 0.15) is 41.5 Å². The Morgan fingerprint density at radius 2 is 2.00 bits per heavy atom. The SMILES string of the molecule is COc1ccc(Cc2cc(C3(OC)CC(O)CC(CO)O3)c(OC3CCOC3)cc2C#N)cc1. The second kappa shape index (κ2) is 10.7. The molecule has 2 saturated heterocycles. The predicted octanol–water partition coefficient (Wildman–Crippen LogP) is 2.66. The lowest BCUT2D eigenvalue weighted by molar-refractivity contribution is -0.299. The van der Waals surface area contributed by atoms with E-state index >= 15 is 0 Å². The van der Waals surface area contributed by atoms with Gasteiger partial charge in [0.25, 0.3) is 0 Å². The molecular formula is C26H31NO7. The third kappa shape index (κ3) is 5.19. The highest BCUT2D eigenvalue weighted by molar-refractivity contribution is 5.52. The van der Waals surface area contributed by atoms with Crippen molar-refractivity contribution in [1.29, 1.82) is 5.26 Å². The van der Waals surface area contributed by atoms with Crippen LogP contribution in [0.4, 0.5) is 0 Å². The highest BCUT2D eigenvalue weighted by Crippen LogP contribution is 2.44. The van der Waals surface area contributed by atoms with E-state index in [4.69, 9.17) is 23.7 Å². The van der Waals surface area contributed by atoms with E-state index in [-0.39, 0.29) is 19.1 Å². The Morgan fingerprint density at radius 1 is 1.21 bits per heavy atom. The van der Waals surface area contributed by atoms with Crippen molar-refractivity contribution >= 4 is 0 Å². The van der Waals surface area contributed by atoms with E-state index in [0.717, 1.165) is 23.3 Å². The Hall–Kier alpha value is -2.67. The molecule has 2 aromatic rings. The molecule has 4 unspecified atom stereocenters. The van der Waals surface area contributed by atoms with Gasteiger partial charge in [0.15, 0.2) is 0 Å². The van der Waals surface area contributed by atoms with Crippen LogP contribution in [0.25, 0.3) is 0 Å². The van der Waals surface area contributed by atoms with Gasteiger partial charge < -0.3 is 33.9 Å². The number of aliphatic hydroxyl groups excluding tert-OH is 2. The fourth-order valence-corrected chi connectivity index (χ4v) is 4.61. The molecule has 2 aromatic carbocycles. The zero-order valence-corrected chi connectivity index (χ0v) is 19.5. The first-order chi connectivity index (χ1) is 16.5. The Labute approximate surface area is 199 Å². The lowest BCUT2D eigenvalue weighted by atomic mass is 9.88. The van der Waals surface area contributed by atoms with Crippen molar-refractivity contribution in [3.05, 3.63) is 58.7 Å². The summed E-state index contributed by atoms with van der Waals surface area (Å²) in [5, 5.41) is 30.3. The van der Waals surface area contributed by atoms with Gasteiger partial charge in [-0.05, 0) is 41.8 Å². The number of nitrogens with zero attached hydrogens (tertiary/aromatic N) is 1. The maximum atomic E-state index is 10.6. The van der Waals surface area contributed by atoms with E-state index in [2.05, 4.69) is 6.07 Å². The molecule has 2 N–H and O–H groups in total. The summed E-state index contributed by atoms with van der Waals surface area (Å²) >= 11 is 0. The van der Waals surface area contributed by atoms with Crippen molar-refractivity contribution in [3.63, 3.8) is 0 Å². The predicted molar refractivity (Wildman–Crippen MR) is 123 cm³/mol. The van der Waals surface area contributed by atoms with Crippen LogP contribution in [-0.4, -0.2) is 62.6 Å². The van der Waals surface area contributed by atoms with Crippen molar-refractivity contribution in [2.75, 3.05) is 34.0 Å². The summed E-state index contributed by atoms with van der Waals surface area (Å²) < 4.78 is 29.1. The van der Waals surface area contributed by atoms with Crippen LogP contribution >= 0.6 is 0 Å². The van der Waals surface area contributed by atoms with Crippen molar-refractivity contribution in [2.24, 2.45) is 0 Å². The standard InChI is InChI=1S/C26H31NO7/c1-30-21-5-3-17(4-6-21)9-18-10-24(26(31-2)13-20(29)12-23(15-28)34-26)25(11-19(18)14-27)33-22-7-8-32-16-22/h3-6,10-11,20,22-23,28-29H,7-9,12-13,15-16H2,1-2H3. The first kappa shape index (κ1) is 24.5. The van der Waals surface area contributed by atoms with Gasteiger partial charge in [0, 0.05) is 26.4 Å². The second-order valence-electron chi connectivity index (χ2n) is 8.72. The molecule has 0 aliphatic carbocycles. The molecule has 182 valence electrons. The van der Waals surface area contributed by atoms with Crippen molar-refractivity contribution < 1.29 is 33.9 Å². The van der Waals surface area contributed by atoms with Gasteiger partial charge >= 0.3 is 0 Å². The first-order valence-electron chi connectivity index (χ1n) is 11.5. The molecule has 8 nitrogen and oxygen atoms in total. The lowest BCUT2D eigenvalue weighted by Gasteiger charge is -2.42. The van der Waals surface area contributed by atoms with E-state index < -0.39 is 18.0 Å². The lowest BCUT2D eigenvalue weighted by Crippen LogP contribution is -2.47. The monoisotopic (exact) mass is 469 g/mol. The molecule has 0 amide bonds. The zero-order valence-electron chi connectivity index (χ0n) is 19.5. The van der Waals surface area contributed by atoms with Gasteiger partial charge in [-0.3, -0.25) is 0 Å². The molecule has 2 aliphatic rings. The molecule has 0 saturated carbocycles. The summed E-state index contributed by atoms with van der Waals surface area (Å²) in [5.41, 5.74) is 2.85. The molecule has 8 heteroatoms. The fourth-order valence-electron chi connectivity index (χ4n) is 4.61. The van der Waals surface area contributed by atoms with Gasteiger partial charge in [0.2, 0.25) is 5.79 Å². The first-order valence-corrected chi connectivity index (χ1v) is 11.5. The average Bonchev–Trinajstić information content (AvgIpc) is 3.37. The summed E-state index contributed by atoms with van der Waals surface area (Å²) in [6.07, 6.45) is 0.236. The number of rotatable bonds is 8. The summed E-state index contributed by atoms with van der Waals surface area (Å²) in [7, 11) is 3.13. The number of hydrogen-bond donors (Lipinski definition) is 2. The van der Waals surface area contributed by atoms with Gasteiger partial charge in [0.1, 0.15) is 17.6 Å². The third-order valence-corrected chi connectivity index (χ3v) is 6.40. The molecular weight excluding hydrogens is 438 g/mol. The van der Waals surface area contributed by atoms with Gasteiger partial charge in [-0.2, -0.15) is 5.26 Å². The summed E-state index contributed by atoms with van der Waals surface area (Å²) in [6, 6.07) is 13.5. The zero-order chi connectivity index (χ0) is 24.1. The van der Waals surface area contributed by atoms with Gasteiger partial charge in [-0.15, -0.1) is 0 Å². The van der Waals surface area contributed by atoms with E-state index in [0.29, 0.717) is 42.9 Å². The minimum Gasteiger partial charge on any atom is -0.497 e. The summed E-state index contributed by atoms with van der Waals surface area (Å²) in [6.45, 7) is 0.819. The molecule has 0 bridgehead atoms. The number of methoxy groups -OCH3 is 2. The van der Waals surface area contributed by atoms with Crippen LogP contribution < -0.4 is 9.47 Å². The Kier molecular flexibility index (Phi) is 7.71. The fraction of sp³-hybridized carbons (Fsp3) is 0.500. The van der Waals surface area contributed by atoms with Gasteiger partial charge in [0.05, 0.1) is 56.3 Å². The van der Waals surface area contributed by atoms with Gasteiger partial charge in [-0.25, -0.2) is 0 Å². The minimum atomic E-state index is -1.33. The topological polar surface area (TPSA) is 110 Å². The van der Waals surface area contributed by atoms with E-state index in [1.165, 1.54) is 7.11 Å². The van der Waals surface area contributed by atoms with Crippen molar-refractivity contribution in [2.45, 2.75) is 49.8 Å². The second-order valence-corrected chi connectivity index (χ2v) is 8.72. The third-order valence-electron chi connectivity index (χ3n) is 6.40. The number of ether oxygens (including phenoxy) is 5. The Balaban J connectivity index is 1.78. The van der Waals surface area contributed by atoms with E-state index in [1.54, 1.807) is 13.2 Å². The molecule has 0 spiro atoms. The number of nitriles is 1. The summed E-state index contributed by atoms with van der Waals surface area (Å²) in [4.78, 5) is 0. The van der Waals surface area contributed by atoms with E-state index in [1.807, 2.05) is 30.3 Å². The normalized spacial score (nSPS) is 26.7. The quantitative estimate of drug-likeness (QED) is 0.607. The van der Waals surface area contributed by atoms with Crippen LogP contribution in [0.3, 0.4) is 0 Å². The molecule has 0 radical (unpaired) electrons. The maximum absolute atomic E-state index is 10.6. The van der Waals surface area contributed by atoms with Crippen LogP contribution in [-0.2, 0) is 26.4 Å². The van der Waals surface area contributed by atoms with Crippen LogP contribution in [0.5, 0.6) is 11.5 Å². The summed E-state index contributed by atoms with van der Waals surface area (Å²) in [5.74, 6) is -0.119. The van der Waals surface area contributed by atoms with E-state index in [9.17, 15) is 15.5 Å². The Bertz CT molecular complexity index is 1010. The smallest absolute Gasteiger partial charge is 0.201 e. The number of benzene rings is 2. The minimum absolute atomic E-state index is 0.159. The van der Waals surface area contributed by atoms with Crippen LogP contribution in [0.2, 0.25) is 0 Å². The van der Waals surface area contributed by atoms with Crippen LogP contribution in [0.15, 0.2) is 36.4 Å². The van der Waals surface area contributed by atoms with Crippen molar-refractivity contribution in [3.8, 4) is 17.6 Å². The molecule has 34 heavy (non-hydrogen) atoms. The van der Waals surface area contributed by atoms with Crippen molar-refractivity contribution in [1.82, 2.24) is 0 Å². The largest absolute Gasteiger partial charge is 0.497 e. The molecule has 4 atom stereocenters. The number of hydrogen-bond acceptors (Lipinski definition) is 8. The molecule has 2 aliphatic heterocycles. The highest BCUT2D eigenvalue weighted by atomic mass is 16.7. The molecule has 0 aromatic heterocycles. The number of aliphatic hydroxyl groups is 2. The highest BCUT2D eigenvalue weighted by Gasteiger charge is 2.45. The average molecular weight is 470 g/mol. The Morgan fingerprint density at radius 3 is 2.62 bits per heavy atom. The molecule has 2 fully saturated rings.